The van der Waals surface area contributed by atoms with E-state index in [2.05, 4.69) is 10.2 Å². The van der Waals surface area contributed by atoms with E-state index >= 15 is 0 Å². The fraction of sp³-hybridized carbons (Fsp3) is 0.632. The van der Waals surface area contributed by atoms with Gasteiger partial charge in [-0.2, -0.15) is 0 Å². The summed E-state index contributed by atoms with van der Waals surface area (Å²) in [4.78, 5) is 17.0. The van der Waals surface area contributed by atoms with Gasteiger partial charge in [0, 0.05) is 32.2 Å². The van der Waals surface area contributed by atoms with Gasteiger partial charge in [0.15, 0.2) is 0 Å². The molecule has 0 aromatic heterocycles. The van der Waals surface area contributed by atoms with E-state index in [9.17, 15) is 4.79 Å². The van der Waals surface area contributed by atoms with E-state index in [4.69, 9.17) is 4.74 Å². The standard InChI is InChI=1S/C19H29N3O2/c1-24-18-11-7-6-10-17(18)20-19(23)22-14-12-21(13-15-22)16-8-4-2-3-5-9-16/h6-7,10-11,16H,2-5,8-9,12-15H2,1H3,(H,20,23). The highest BCUT2D eigenvalue weighted by Crippen LogP contribution is 2.25. The maximum atomic E-state index is 12.5. The molecule has 132 valence electrons. The fourth-order valence-corrected chi connectivity index (χ4v) is 3.86. The highest BCUT2D eigenvalue weighted by atomic mass is 16.5. The van der Waals surface area contributed by atoms with Crippen molar-refractivity contribution in [3.05, 3.63) is 24.3 Å². The lowest BCUT2D eigenvalue weighted by Crippen LogP contribution is -2.52. The third kappa shape index (κ3) is 4.20. The number of para-hydroxylation sites is 2. The van der Waals surface area contributed by atoms with E-state index < -0.39 is 0 Å². The van der Waals surface area contributed by atoms with E-state index in [-0.39, 0.29) is 6.03 Å². The molecule has 0 atom stereocenters. The molecule has 0 spiro atoms. The van der Waals surface area contributed by atoms with Gasteiger partial charge in [0.1, 0.15) is 5.75 Å². The normalized spacial score (nSPS) is 20.5. The van der Waals surface area contributed by atoms with Crippen LogP contribution < -0.4 is 10.1 Å². The second-order valence-corrected chi connectivity index (χ2v) is 6.80. The molecule has 0 unspecified atom stereocenters. The summed E-state index contributed by atoms with van der Waals surface area (Å²) < 4.78 is 5.30. The molecule has 1 N–H and O–H groups in total. The Morgan fingerprint density at radius 1 is 1.04 bits per heavy atom. The lowest BCUT2D eigenvalue weighted by atomic mass is 10.1. The molecular formula is C19H29N3O2. The molecule has 2 aliphatic rings. The number of hydrogen-bond donors (Lipinski definition) is 1. The molecule has 1 heterocycles. The van der Waals surface area contributed by atoms with Gasteiger partial charge in [0.25, 0.3) is 0 Å². The molecule has 24 heavy (non-hydrogen) atoms. The Morgan fingerprint density at radius 2 is 1.71 bits per heavy atom. The van der Waals surface area contributed by atoms with Crippen molar-refractivity contribution in [3.63, 3.8) is 0 Å². The van der Waals surface area contributed by atoms with Crippen molar-refractivity contribution in [2.75, 3.05) is 38.6 Å². The number of methoxy groups -OCH3 is 1. The second-order valence-electron chi connectivity index (χ2n) is 6.80. The third-order valence-corrected chi connectivity index (χ3v) is 5.29. The molecule has 0 radical (unpaired) electrons. The number of ether oxygens (including phenoxy) is 1. The van der Waals surface area contributed by atoms with Crippen molar-refractivity contribution in [3.8, 4) is 5.75 Å². The van der Waals surface area contributed by atoms with Gasteiger partial charge in [-0.25, -0.2) is 4.79 Å². The summed E-state index contributed by atoms with van der Waals surface area (Å²) in [6.45, 7) is 3.59. The Balaban J connectivity index is 1.51. The van der Waals surface area contributed by atoms with Crippen LogP contribution in [0.5, 0.6) is 5.75 Å². The van der Waals surface area contributed by atoms with Gasteiger partial charge < -0.3 is 15.0 Å². The third-order valence-electron chi connectivity index (χ3n) is 5.29. The first kappa shape index (κ1) is 17.1. The molecule has 3 rings (SSSR count). The topological polar surface area (TPSA) is 44.8 Å². The zero-order valence-electron chi connectivity index (χ0n) is 14.7. The maximum absolute atomic E-state index is 12.5. The summed E-state index contributed by atoms with van der Waals surface area (Å²) in [5, 5.41) is 2.98. The first-order valence-electron chi connectivity index (χ1n) is 9.21. The highest BCUT2D eigenvalue weighted by Gasteiger charge is 2.26. The number of carbonyl (C=O) groups excluding carboxylic acids is 1. The molecule has 1 aromatic rings. The Labute approximate surface area is 145 Å². The van der Waals surface area contributed by atoms with Gasteiger partial charge in [-0.3, -0.25) is 4.90 Å². The molecule has 0 bridgehead atoms. The number of hydrogen-bond acceptors (Lipinski definition) is 3. The van der Waals surface area contributed by atoms with E-state index in [0.29, 0.717) is 5.75 Å². The zero-order valence-corrected chi connectivity index (χ0v) is 14.7. The van der Waals surface area contributed by atoms with Gasteiger partial charge >= 0.3 is 6.03 Å². The van der Waals surface area contributed by atoms with Crippen LogP contribution in [-0.4, -0.2) is 55.2 Å². The quantitative estimate of drug-likeness (QED) is 0.861. The van der Waals surface area contributed by atoms with E-state index in [1.54, 1.807) is 7.11 Å². The fourth-order valence-electron chi connectivity index (χ4n) is 3.86. The van der Waals surface area contributed by atoms with Crippen LogP contribution in [0.25, 0.3) is 0 Å². The largest absolute Gasteiger partial charge is 0.495 e. The predicted octanol–water partition coefficient (Wildman–Crippen LogP) is 3.57. The highest BCUT2D eigenvalue weighted by molar-refractivity contribution is 5.91. The molecule has 5 nitrogen and oxygen atoms in total. The number of amides is 2. The van der Waals surface area contributed by atoms with Crippen LogP contribution in [0.3, 0.4) is 0 Å². The Bertz CT molecular complexity index is 533. The van der Waals surface area contributed by atoms with Crippen molar-refractivity contribution in [2.45, 2.75) is 44.6 Å². The van der Waals surface area contributed by atoms with Crippen LogP contribution in [0, 0.1) is 0 Å². The van der Waals surface area contributed by atoms with E-state index in [1.165, 1.54) is 38.5 Å². The second kappa shape index (κ2) is 8.38. The van der Waals surface area contributed by atoms with Crippen LogP contribution in [-0.2, 0) is 0 Å². The minimum atomic E-state index is -0.0278. The van der Waals surface area contributed by atoms with Gasteiger partial charge in [0.2, 0.25) is 0 Å². The molecule has 1 aromatic carbocycles. The van der Waals surface area contributed by atoms with Crippen molar-refractivity contribution in [1.82, 2.24) is 9.80 Å². The van der Waals surface area contributed by atoms with Gasteiger partial charge in [-0.05, 0) is 25.0 Å². The molecule has 1 aliphatic carbocycles. The van der Waals surface area contributed by atoms with Crippen LogP contribution >= 0.6 is 0 Å². The molecule has 2 fully saturated rings. The number of anilines is 1. The maximum Gasteiger partial charge on any atom is 0.322 e. The summed E-state index contributed by atoms with van der Waals surface area (Å²) in [5.74, 6) is 0.697. The molecule has 1 saturated heterocycles. The summed E-state index contributed by atoms with van der Waals surface area (Å²) in [5.41, 5.74) is 0.733. The van der Waals surface area contributed by atoms with Crippen molar-refractivity contribution in [2.24, 2.45) is 0 Å². The molecular weight excluding hydrogens is 302 g/mol. The average Bonchev–Trinajstić information content (AvgIpc) is 2.92. The number of piperazine rings is 1. The molecule has 1 aliphatic heterocycles. The van der Waals surface area contributed by atoms with Crippen LogP contribution in [0.4, 0.5) is 10.5 Å². The first-order chi connectivity index (χ1) is 11.8. The lowest BCUT2D eigenvalue weighted by molar-refractivity contribution is 0.105. The minimum absolute atomic E-state index is 0.0278. The smallest absolute Gasteiger partial charge is 0.322 e. The number of rotatable bonds is 3. The Kier molecular flexibility index (Phi) is 5.96. The van der Waals surface area contributed by atoms with Crippen molar-refractivity contribution in [1.29, 1.82) is 0 Å². The van der Waals surface area contributed by atoms with Crippen LogP contribution in [0.1, 0.15) is 38.5 Å². The summed E-state index contributed by atoms with van der Waals surface area (Å²) in [7, 11) is 1.62. The summed E-state index contributed by atoms with van der Waals surface area (Å²) in [6, 6.07) is 8.24. The summed E-state index contributed by atoms with van der Waals surface area (Å²) >= 11 is 0. The van der Waals surface area contributed by atoms with Crippen molar-refractivity contribution >= 4 is 11.7 Å². The summed E-state index contributed by atoms with van der Waals surface area (Å²) in [6.07, 6.45) is 8.15. The van der Waals surface area contributed by atoms with Gasteiger partial charge in [-0.1, -0.05) is 37.8 Å². The Hall–Kier alpha value is -1.75. The monoisotopic (exact) mass is 331 g/mol. The number of nitrogens with one attached hydrogen (secondary N) is 1. The molecule has 2 amide bonds. The predicted molar refractivity (Wildman–Crippen MR) is 96.6 cm³/mol. The number of nitrogens with zero attached hydrogens (tertiary/aromatic N) is 2. The number of urea groups is 1. The SMILES string of the molecule is COc1ccccc1NC(=O)N1CCN(C2CCCCCC2)CC1. The van der Waals surface area contributed by atoms with Crippen LogP contribution in [0.2, 0.25) is 0 Å². The van der Waals surface area contributed by atoms with Gasteiger partial charge in [0.05, 0.1) is 12.8 Å². The van der Waals surface area contributed by atoms with Crippen molar-refractivity contribution < 1.29 is 9.53 Å². The first-order valence-corrected chi connectivity index (χ1v) is 9.21. The van der Waals surface area contributed by atoms with Crippen LogP contribution in [0.15, 0.2) is 24.3 Å². The molecule has 1 saturated carbocycles. The molecule has 5 heteroatoms. The number of benzene rings is 1. The van der Waals surface area contributed by atoms with Gasteiger partial charge in [-0.15, -0.1) is 0 Å². The lowest BCUT2D eigenvalue weighted by Gasteiger charge is -2.39. The van der Waals surface area contributed by atoms with E-state index in [1.807, 2.05) is 29.2 Å². The van der Waals surface area contributed by atoms with E-state index in [0.717, 1.165) is 37.9 Å². The Morgan fingerprint density at radius 3 is 2.38 bits per heavy atom. The number of carbonyl (C=O) groups is 1. The minimum Gasteiger partial charge on any atom is -0.495 e. The average molecular weight is 331 g/mol. The zero-order chi connectivity index (χ0) is 16.8.